The van der Waals surface area contributed by atoms with Crippen LogP contribution in [0, 0.1) is 0 Å². The van der Waals surface area contributed by atoms with Gasteiger partial charge in [0, 0.05) is 26.3 Å². The van der Waals surface area contributed by atoms with Crippen LogP contribution in [0.5, 0.6) is 0 Å². The van der Waals surface area contributed by atoms with Gasteiger partial charge in [-0.3, -0.25) is 4.68 Å². The Balaban J connectivity index is 0.00000182. The number of hydrogen-bond donors (Lipinski definition) is 0. The first kappa shape index (κ1) is 19.1. The zero-order chi connectivity index (χ0) is 16.7. The van der Waals surface area contributed by atoms with Crippen molar-refractivity contribution < 1.29 is 34.3 Å². The first-order valence-electron chi connectivity index (χ1n) is 7.34. The molecule has 1 saturated heterocycles. The Morgan fingerprint density at radius 3 is 2.40 bits per heavy atom. The van der Waals surface area contributed by atoms with Crippen LogP contribution in [0.2, 0.25) is 10.0 Å². The summed E-state index contributed by atoms with van der Waals surface area (Å²) in [7, 11) is 0. The largest absolute Gasteiger partial charge is 1.00 e. The molecule has 0 spiro atoms. The normalized spacial score (nSPS) is 21.6. The van der Waals surface area contributed by atoms with Crippen LogP contribution < -0.4 is 29.6 Å². The maximum atomic E-state index is 6.44. The maximum absolute atomic E-state index is 6.44. The molecule has 0 bridgehead atoms. The van der Waals surface area contributed by atoms with Gasteiger partial charge in [-0.05, 0) is 12.1 Å². The van der Waals surface area contributed by atoms with E-state index in [1.165, 1.54) is 6.33 Å². The summed E-state index contributed by atoms with van der Waals surface area (Å²) >= 11 is 18.0. The molecule has 8 heteroatoms. The molecule has 2 atom stereocenters. The number of rotatable bonds is 4. The molecule has 0 radical (unpaired) electrons. The van der Waals surface area contributed by atoms with E-state index in [0.717, 1.165) is 11.1 Å². The van der Waals surface area contributed by atoms with Crippen molar-refractivity contribution in [2.75, 3.05) is 0 Å². The van der Waals surface area contributed by atoms with Crippen LogP contribution >= 0.6 is 23.2 Å². The summed E-state index contributed by atoms with van der Waals surface area (Å²) in [6, 6.07) is 15.3. The molecule has 2 aromatic carbocycles. The third-order valence-corrected chi connectivity index (χ3v) is 5.17. The molecule has 2 heterocycles. The minimum absolute atomic E-state index is 0. The molecule has 3 aromatic rings. The van der Waals surface area contributed by atoms with E-state index >= 15 is 0 Å². The van der Waals surface area contributed by atoms with Gasteiger partial charge in [0.2, 0.25) is 0 Å². The quantitative estimate of drug-likeness (QED) is 0.375. The smallest absolute Gasteiger partial charge is 0.740 e. The molecule has 1 fully saturated rings. The van der Waals surface area contributed by atoms with Gasteiger partial charge in [0.25, 0.3) is 0 Å². The second-order valence-electron chi connectivity index (χ2n) is 5.59. The molecule has 0 saturated carbocycles. The summed E-state index contributed by atoms with van der Waals surface area (Å²) in [5.74, 6) is 0. The van der Waals surface area contributed by atoms with E-state index in [1.807, 2.05) is 48.5 Å². The third-order valence-electron chi connectivity index (χ3n) is 4.18. The number of nitrogens with zero attached hydrogens (tertiary/aromatic N) is 3. The van der Waals surface area contributed by atoms with E-state index in [2.05, 4.69) is 10.1 Å². The van der Waals surface area contributed by atoms with Crippen LogP contribution in [-0.4, -0.2) is 14.8 Å². The van der Waals surface area contributed by atoms with Gasteiger partial charge in [0.1, 0.15) is 18.0 Å². The predicted molar refractivity (Wildman–Crippen MR) is 94.1 cm³/mol. The van der Waals surface area contributed by atoms with E-state index in [0.29, 0.717) is 21.7 Å². The fourth-order valence-electron chi connectivity index (χ4n) is 2.98. The van der Waals surface area contributed by atoms with Gasteiger partial charge in [0.05, 0.1) is 6.54 Å². The van der Waals surface area contributed by atoms with Gasteiger partial charge >= 0.3 is 29.6 Å². The van der Waals surface area contributed by atoms with Gasteiger partial charge < -0.3 is 17.4 Å². The minimum atomic E-state index is -0.662. The Morgan fingerprint density at radius 1 is 1.08 bits per heavy atom. The Morgan fingerprint density at radius 2 is 1.76 bits per heavy atom. The average Bonchev–Trinajstić information content (AvgIpc) is 3.15. The molecular formula is C17H12Cl2N3NaOS. The maximum Gasteiger partial charge on any atom is 1.00 e. The first-order valence-corrected chi connectivity index (χ1v) is 8.50. The molecule has 1 aliphatic rings. The van der Waals surface area contributed by atoms with Crippen molar-refractivity contribution in [3.63, 3.8) is 0 Å². The number of halogens is 2. The minimum Gasteiger partial charge on any atom is -0.740 e. The monoisotopic (exact) mass is 399 g/mol. The molecule has 4 nitrogen and oxygen atoms in total. The summed E-state index contributed by atoms with van der Waals surface area (Å²) in [5.41, 5.74) is 1.15. The molecule has 1 aromatic heterocycles. The summed E-state index contributed by atoms with van der Waals surface area (Å²) in [6.07, 6.45) is 1.22. The van der Waals surface area contributed by atoms with E-state index in [9.17, 15) is 0 Å². The van der Waals surface area contributed by atoms with Gasteiger partial charge in [-0.2, -0.15) is 5.10 Å². The molecular weight excluding hydrogens is 388 g/mol. The van der Waals surface area contributed by atoms with Gasteiger partial charge in [-0.25, -0.2) is 4.98 Å². The second kappa shape index (κ2) is 7.53. The van der Waals surface area contributed by atoms with Crippen molar-refractivity contribution in [3.05, 3.63) is 76.0 Å². The fourth-order valence-corrected chi connectivity index (χ4v) is 3.67. The molecule has 1 aliphatic heterocycles. The van der Waals surface area contributed by atoms with Crippen molar-refractivity contribution in [2.45, 2.75) is 23.4 Å². The van der Waals surface area contributed by atoms with E-state index < -0.39 is 5.60 Å². The zero-order valence-electron chi connectivity index (χ0n) is 13.4. The second-order valence-corrected chi connectivity index (χ2v) is 6.77. The van der Waals surface area contributed by atoms with Crippen LogP contribution in [0.3, 0.4) is 0 Å². The third kappa shape index (κ3) is 3.47. The Hall–Kier alpha value is -0.660. The Labute approximate surface area is 183 Å². The van der Waals surface area contributed by atoms with Crippen molar-refractivity contribution in [2.24, 2.45) is 0 Å². The molecule has 25 heavy (non-hydrogen) atoms. The molecule has 4 rings (SSSR count). The summed E-state index contributed by atoms with van der Waals surface area (Å²) < 4.78 is 7.81. The van der Waals surface area contributed by atoms with Gasteiger partial charge in [-0.15, -0.1) is 0 Å². The predicted octanol–water partition coefficient (Wildman–Crippen LogP) is 1.16. The number of hydrogen-bond acceptors (Lipinski definition) is 4. The van der Waals surface area contributed by atoms with Crippen molar-refractivity contribution in [1.29, 1.82) is 0 Å². The SMILES string of the molecule is [Na+].[S-]c1ncnn1C[C@]1(c2ccccc2Cl)O[C@@H]1c1ccccc1Cl. The fraction of sp³-hybridized carbons (Fsp3) is 0.176. The number of aromatic nitrogens is 3. The standard InChI is InChI=1S/C17H13Cl2N3OS.Na/c18-13-7-3-1-5-11(13)15-17(23-15,9-22-16(24)20-10-21-22)12-6-2-4-8-14(12)19;/h1-8,10,15H,9H2,(H,20,21,24);/q;+1/p-1/t15-,17-;/m1./s1. The van der Waals surface area contributed by atoms with E-state index in [1.54, 1.807) is 4.68 Å². The van der Waals surface area contributed by atoms with E-state index in [-0.39, 0.29) is 35.7 Å². The van der Waals surface area contributed by atoms with Crippen molar-refractivity contribution in [1.82, 2.24) is 14.8 Å². The zero-order valence-corrected chi connectivity index (χ0v) is 17.7. The summed E-state index contributed by atoms with van der Waals surface area (Å²) in [4.78, 5) is 4.01. The van der Waals surface area contributed by atoms with Crippen LogP contribution in [0.1, 0.15) is 17.2 Å². The molecule has 122 valence electrons. The van der Waals surface area contributed by atoms with Crippen LogP contribution in [0.4, 0.5) is 0 Å². The number of benzene rings is 2. The summed E-state index contributed by atoms with van der Waals surface area (Å²) in [6.45, 7) is 0.422. The Bertz CT molecular complexity index is 907. The molecule has 0 amide bonds. The summed E-state index contributed by atoms with van der Waals surface area (Å²) in [5, 5.41) is 5.90. The van der Waals surface area contributed by atoms with Gasteiger partial charge in [-0.1, -0.05) is 59.6 Å². The van der Waals surface area contributed by atoms with E-state index in [4.69, 9.17) is 40.6 Å². The number of epoxide rings is 1. The van der Waals surface area contributed by atoms with Crippen molar-refractivity contribution >= 4 is 35.8 Å². The Kier molecular flexibility index (Phi) is 5.75. The van der Waals surface area contributed by atoms with Gasteiger partial charge in [0.15, 0.2) is 0 Å². The van der Waals surface area contributed by atoms with Crippen molar-refractivity contribution in [3.8, 4) is 0 Å². The average molecular weight is 400 g/mol. The topological polar surface area (TPSA) is 43.2 Å². The molecule has 0 aliphatic carbocycles. The molecule has 0 unspecified atom stereocenters. The van der Waals surface area contributed by atoms with Crippen LogP contribution in [0.15, 0.2) is 60.0 Å². The molecule has 0 N–H and O–H groups in total. The first-order chi connectivity index (χ1) is 11.6. The van der Waals surface area contributed by atoms with Crippen LogP contribution in [-0.2, 0) is 29.5 Å². The number of ether oxygens (including phenoxy) is 1. The van der Waals surface area contributed by atoms with Crippen LogP contribution in [0.25, 0.3) is 0 Å².